The SMILES string of the molecule is COc1ccccc1C(=O)N/C(C)=C\C(=O)O. The molecule has 0 aliphatic carbocycles. The average Bonchev–Trinajstić information content (AvgIpc) is 2.27. The number of aliphatic carboxylic acids is 1. The van der Waals surface area contributed by atoms with E-state index < -0.39 is 11.9 Å². The molecule has 0 aliphatic heterocycles. The van der Waals surface area contributed by atoms with Crippen LogP contribution in [0.5, 0.6) is 5.75 Å². The largest absolute Gasteiger partial charge is 0.496 e. The molecule has 5 heteroatoms. The molecule has 1 amide bonds. The Bertz CT molecular complexity index is 465. The maximum atomic E-state index is 11.8. The zero-order chi connectivity index (χ0) is 12.8. The van der Waals surface area contributed by atoms with E-state index in [2.05, 4.69) is 5.32 Å². The topological polar surface area (TPSA) is 75.6 Å². The zero-order valence-electron chi connectivity index (χ0n) is 9.56. The monoisotopic (exact) mass is 235 g/mol. The molecule has 0 atom stereocenters. The van der Waals surface area contributed by atoms with Crippen molar-refractivity contribution in [3.8, 4) is 5.75 Å². The van der Waals surface area contributed by atoms with Gasteiger partial charge in [0.15, 0.2) is 0 Å². The number of carboxylic acids is 1. The first kappa shape index (κ1) is 12.8. The van der Waals surface area contributed by atoms with E-state index in [1.165, 1.54) is 14.0 Å². The van der Waals surface area contributed by atoms with Crippen molar-refractivity contribution in [1.82, 2.24) is 5.32 Å². The summed E-state index contributed by atoms with van der Waals surface area (Å²) >= 11 is 0. The van der Waals surface area contributed by atoms with E-state index >= 15 is 0 Å². The molecule has 0 aliphatic rings. The molecule has 2 N–H and O–H groups in total. The molecule has 0 aromatic heterocycles. The first-order chi connectivity index (χ1) is 8.04. The van der Waals surface area contributed by atoms with Crippen molar-refractivity contribution < 1.29 is 19.4 Å². The van der Waals surface area contributed by atoms with Crippen LogP contribution < -0.4 is 10.1 Å². The van der Waals surface area contributed by atoms with E-state index in [0.29, 0.717) is 11.3 Å². The maximum absolute atomic E-state index is 11.8. The minimum atomic E-state index is -1.11. The van der Waals surface area contributed by atoms with E-state index in [1.54, 1.807) is 24.3 Å². The molecule has 17 heavy (non-hydrogen) atoms. The molecular weight excluding hydrogens is 222 g/mol. The third-order valence-electron chi connectivity index (χ3n) is 2.00. The molecule has 0 saturated carbocycles. The van der Waals surface area contributed by atoms with Crippen molar-refractivity contribution in [2.45, 2.75) is 6.92 Å². The molecule has 0 saturated heterocycles. The number of allylic oxidation sites excluding steroid dienone is 1. The van der Waals surface area contributed by atoms with Crippen molar-refractivity contribution >= 4 is 11.9 Å². The first-order valence-electron chi connectivity index (χ1n) is 4.90. The van der Waals surface area contributed by atoms with Gasteiger partial charge in [0, 0.05) is 11.8 Å². The Morgan fingerprint density at radius 3 is 2.59 bits per heavy atom. The number of rotatable bonds is 4. The number of carbonyl (C=O) groups excluding carboxylic acids is 1. The zero-order valence-corrected chi connectivity index (χ0v) is 9.56. The molecule has 0 bridgehead atoms. The number of hydrogen-bond acceptors (Lipinski definition) is 3. The molecule has 1 rings (SSSR count). The Morgan fingerprint density at radius 2 is 2.00 bits per heavy atom. The van der Waals surface area contributed by atoms with Crippen LogP contribution in [0.3, 0.4) is 0 Å². The van der Waals surface area contributed by atoms with E-state index in [-0.39, 0.29) is 5.70 Å². The van der Waals surface area contributed by atoms with Crippen LogP contribution in [-0.4, -0.2) is 24.1 Å². The fourth-order valence-electron chi connectivity index (χ4n) is 1.30. The van der Waals surface area contributed by atoms with Gasteiger partial charge in [0.2, 0.25) is 0 Å². The van der Waals surface area contributed by atoms with Crippen LogP contribution >= 0.6 is 0 Å². The predicted octanol–water partition coefficient (Wildman–Crippen LogP) is 1.41. The molecule has 1 aromatic carbocycles. The summed E-state index contributed by atoms with van der Waals surface area (Å²) in [5.41, 5.74) is 0.613. The molecule has 0 radical (unpaired) electrons. The number of para-hydroxylation sites is 1. The summed E-state index contributed by atoms with van der Waals surface area (Å²) in [4.78, 5) is 22.2. The number of carboxylic acid groups (broad SMARTS) is 1. The lowest BCUT2D eigenvalue weighted by molar-refractivity contribution is -0.131. The van der Waals surface area contributed by atoms with Crippen LogP contribution in [0.25, 0.3) is 0 Å². The van der Waals surface area contributed by atoms with E-state index in [4.69, 9.17) is 9.84 Å². The van der Waals surface area contributed by atoms with Gasteiger partial charge in [-0.05, 0) is 19.1 Å². The van der Waals surface area contributed by atoms with Crippen molar-refractivity contribution in [1.29, 1.82) is 0 Å². The summed E-state index contributed by atoms with van der Waals surface area (Å²) in [6.45, 7) is 1.50. The van der Waals surface area contributed by atoms with Gasteiger partial charge in [0.05, 0.1) is 12.7 Å². The summed E-state index contributed by atoms with van der Waals surface area (Å²) in [5, 5.41) is 11.0. The van der Waals surface area contributed by atoms with Gasteiger partial charge in [-0.15, -0.1) is 0 Å². The van der Waals surface area contributed by atoms with Crippen molar-refractivity contribution in [3.05, 3.63) is 41.6 Å². The normalized spacial score (nSPS) is 10.8. The summed E-state index contributed by atoms with van der Waals surface area (Å²) in [6.07, 6.45) is 0.924. The van der Waals surface area contributed by atoms with Crippen LogP contribution in [0.2, 0.25) is 0 Å². The summed E-state index contributed by atoms with van der Waals surface area (Å²) in [5.74, 6) is -1.08. The van der Waals surface area contributed by atoms with E-state index in [0.717, 1.165) is 6.08 Å². The van der Waals surface area contributed by atoms with Crippen LogP contribution in [0.15, 0.2) is 36.0 Å². The van der Waals surface area contributed by atoms with Gasteiger partial charge in [0.25, 0.3) is 5.91 Å². The molecule has 0 heterocycles. The Labute approximate surface area is 98.7 Å². The molecule has 5 nitrogen and oxygen atoms in total. The van der Waals surface area contributed by atoms with Crippen LogP contribution in [0.4, 0.5) is 0 Å². The van der Waals surface area contributed by atoms with E-state index in [9.17, 15) is 9.59 Å². The Hall–Kier alpha value is -2.30. The Kier molecular flexibility index (Phi) is 4.28. The lowest BCUT2D eigenvalue weighted by atomic mass is 10.2. The van der Waals surface area contributed by atoms with Gasteiger partial charge < -0.3 is 15.2 Å². The number of hydrogen-bond donors (Lipinski definition) is 2. The van der Waals surface area contributed by atoms with Crippen molar-refractivity contribution in [2.75, 3.05) is 7.11 Å². The second-order valence-corrected chi connectivity index (χ2v) is 3.32. The maximum Gasteiger partial charge on any atom is 0.330 e. The number of ether oxygens (including phenoxy) is 1. The number of amides is 1. The number of nitrogens with one attached hydrogen (secondary N) is 1. The van der Waals surface area contributed by atoms with Gasteiger partial charge >= 0.3 is 5.97 Å². The van der Waals surface area contributed by atoms with Gasteiger partial charge in [0.1, 0.15) is 5.75 Å². The second kappa shape index (κ2) is 5.69. The highest BCUT2D eigenvalue weighted by molar-refractivity contribution is 5.98. The average molecular weight is 235 g/mol. The Balaban J connectivity index is 2.87. The molecule has 90 valence electrons. The highest BCUT2D eigenvalue weighted by atomic mass is 16.5. The van der Waals surface area contributed by atoms with Gasteiger partial charge in [-0.25, -0.2) is 4.79 Å². The fraction of sp³-hybridized carbons (Fsp3) is 0.167. The third kappa shape index (κ3) is 3.64. The smallest absolute Gasteiger partial charge is 0.330 e. The lowest BCUT2D eigenvalue weighted by Gasteiger charge is -2.08. The summed E-state index contributed by atoms with van der Waals surface area (Å²) in [6, 6.07) is 6.70. The molecular formula is C12H13NO4. The predicted molar refractivity (Wildman–Crippen MR) is 61.9 cm³/mol. The van der Waals surface area contributed by atoms with Crippen LogP contribution in [-0.2, 0) is 4.79 Å². The minimum absolute atomic E-state index is 0.258. The molecule has 0 unspecified atom stereocenters. The fourth-order valence-corrected chi connectivity index (χ4v) is 1.30. The van der Waals surface area contributed by atoms with E-state index in [1.807, 2.05) is 0 Å². The highest BCUT2D eigenvalue weighted by Crippen LogP contribution is 2.17. The molecule has 0 spiro atoms. The molecule has 0 fully saturated rings. The first-order valence-corrected chi connectivity index (χ1v) is 4.90. The van der Waals surface area contributed by atoms with Gasteiger partial charge in [-0.3, -0.25) is 4.79 Å². The van der Waals surface area contributed by atoms with Gasteiger partial charge in [-0.1, -0.05) is 12.1 Å². The number of carbonyl (C=O) groups is 2. The third-order valence-corrected chi connectivity index (χ3v) is 2.00. The number of benzene rings is 1. The summed E-state index contributed by atoms with van der Waals surface area (Å²) in [7, 11) is 1.46. The quantitative estimate of drug-likeness (QED) is 0.774. The highest BCUT2D eigenvalue weighted by Gasteiger charge is 2.11. The molecule has 1 aromatic rings. The Morgan fingerprint density at radius 1 is 1.35 bits per heavy atom. The lowest BCUT2D eigenvalue weighted by Crippen LogP contribution is -2.22. The van der Waals surface area contributed by atoms with Crippen molar-refractivity contribution in [3.63, 3.8) is 0 Å². The minimum Gasteiger partial charge on any atom is -0.496 e. The van der Waals surface area contributed by atoms with Crippen LogP contribution in [0.1, 0.15) is 17.3 Å². The second-order valence-electron chi connectivity index (χ2n) is 3.32. The van der Waals surface area contributed by atoms with Crippen LogP contribution in [0, 0.1) is 0 Å². The van der Waals surface area contributed by atoms with Crippen molar-refractivity contribution in [2.24, 2.45) is 0 Å². The standard InChI is InChI=1S/C12H13NO4/c1-8(7-11(14)15)13-12(16)9-5-3-4-6-10(9)17-2/h3-7H,1-2H3,(H,13,16)(H,14,15)/b8-7-. The van der Waals surface area contributed by atoms with Gasteiger partial charge in [-0.2, -0.15) is 0 Å². The summed E-state index contributed by atoms with van der Waals surface area (Å²) < 4.78 is 5.03. The number of methoxy groups -OCH3 is 1.